The zero-order valence-corrected chi connectivity index (χ0v) is 13.4. The molecule has 0 aliphatic rings. The molecule has 2 aromatic heterocycles. The van der Waals surface area contributed by atoms with E-state index in [1.165, 1.54) is 5.56 Å². The second kappa shape index (κ2) is 6.20. The molecule has 0 radical (unpaired) electrons. The number of aryl methyl sites for hydroxylation is 2. The van der Waals surface area contributed by atoms with Gasteiger partial charge in [-0.25, -0.2) is 0 Å². The van der Waals surface area contributed by atoms with E-state index in [1.807, 2.05) is 25.1 Å². The summed E-state index contributed by atoms with van der Waals surface area (Å²) < 4.78 is 5.41. The van der Waals surface area contributed by atoms with Crippen molar-refractivity contribution in [1.29, 1.82) is 0 Å². The van der Waals surface area contributed by atoms with Crippen LogP contribution in [0.5, 0.6) is 0 Å². The van der Waals surface area contributed by atoms with Gasteiger partial charge >= 0.3 is 0 Å². The summed E-state index contributed by atoms with van der Waals surface area (Å²) in [5.74, 6) is 1.30. The molecule has 0 unspecified atom stereocenters. The maximum Gasteiger partial charge on any atom is 0.255 e. The predicted octanol–water partition coefficient (Wildman–Crippen LogP) is 4.55. The summed E-state index contributed by atoms with van der Waals surface area (Å²) in [6.07, 6.45) is 0. The van der Waals surface area contributed by atoms with Crippen molar-refractivity contribution in [1.82, 2.24) is 5.32 Å². The van der Waals surface area contributed by atoms with E-state index in [4.69, 9.17) is 4.42 Å². The van der Waals surface area contributed by atoms with E-state index in [0.717, 1.165) is 16.9 Å². The van der Waals surface area contributed by atoms with Crippen LogP contribution in [0, 0.1) is 13.8 Å². The normalized spacial score (nSPS) is 10.6. The van der Waals surface area contributed by atoms with Crippen LogP contribution in [0.3, 0.4) is 0 Å². The fraction of sp³-hybridized carbons (Fsp3) is 0.167. The topological polar surface area (TPSA) is 42.2 Å². The molecule has 0 saturated carbocycles. The minimum atomic E-state index is -0.102. The number of rotatable bonds is 4. The molecule has 22 heavy (non-hydrogen) atoms. The number of furan rings is 1. The lowest BCUT2D eigenvalue weighted by atomic mass is 10.0. The molecule has 1 N–H and O–H groups in total. The van der Waals surface area contributed by atoms with Crippen LogP contribution in [0.2, 0.25) is 0 Å². The second-order valence-electron chi connectivity index (χ2n) is 5.18. The van der Waals surface area contributed by atoms with Crippen molar-refractivity contribution in [3.8, 4) is 11.1 Å². The minimum absolute atomic E-state index is 0.102. The molecular weight excluding hydrogens is 294 g/mol. The molecule has 3 nitrogen and oxygen atoms in total. The molecule has 0 saturated heterocycles. The van der Waals surface area contributed by atoms with Gasteiger partial charge in [-0.1, -0.05) is 24.3 Å². The molecule has 112 valence electrons. The van der Waals surface area contributed by atoms with Gasteiger partial charge in [-0.05, 0) is 53.4 Å². The van der Waals surface area contributed by atoms with Gasteiger partial charge in [-0.2, -0.15) is 11.3 Å². The highest BCUT2D eigenvalue weighted by Crippen LogP contribution is 2.25. The molecule has 4 heteroatoms. The van der Waals surface area contributed by atoms with Gasteiger partial charge in [0.2, 0.25) is 0 Å². The number of carbonyl (C=O) groups excluding carboxylic acids is 1. The van der Waals surface area contributed by atoms with Crippen LogP contribution < -0.4 is 5.32 Å². The van der Waals surface area contributed by atoms with Crippen molar-refractivity contribution in [3.63, 3.8) is 0 Å². The maximum absolute atomic E-state index is 12.3. The Morgan fingerprint density at radius 2 is 2.05 bits per heavy atom. The van der Waals surface area contributed by atoms with Crippen molar-refractivity contribution in [2.75, 3.05) is 0 Å². The summed E-state index contributed by atoms with van der Waals surface area (Å²) in [4.78, 5) is 12.3. The van der Waals surface area contributed by atoms with Gasteiger partial charge in [-0.3, -0.25) is 4.79 Å². The Balaban J connectivity index is 1.77. The van der Waals surface area contributed by atoms with Crippen LogP contribution >= 0.6 is 11.3 Å². The van der Waals surface area contributed by atoms with Crippen LogP contribution in [0.15, 0.2) is 51.6 Å². The second-order valence-corrected chi connectivity index (χ2v) is 5.96. The molecular formula is C18H17NO2S. The molecule has 0 aliphatic carbocycles. The first-order valence-electron chi connectivity index (χ1n) is 7.11. The Bertz CT molecular complexity index is 787. The standard InChI is InChI=1S/C18H17NO2S/c1-12-9-17(13(2)21-12)18(20)19-10-14-5-3-4-6-16(14)15-7-8-22-11-15/h3-9,11H,10H2,1-2H3,(H,19,20). The fourth-order valence-corrected chi connectivity index (χ4v) is 3.16. The third-order valence-corrected chi connectivity index (χ3v) is 4.26. The average molecular weight is 311 g/mol. The number of hydrogen-bond acceptors (Lipinski definition) is 3. The van der Waals surface area contributed by atoms with E-state index in [9.17, 15) is 4.79 Å². The highest BCUT2D eigenvalue weighted by Gasteiger charge is 2.14. The fourth-order valence-electron chi connectivity index (χ4n) is 2.50. The lowest BCUT2D eigenvalue weighted by Gasteiger charge is -2.09. The first kappa shape index (κ1) is 14.6. The largest absolute Gasteiger partial charge is 0.466 e. The van der Waals surface area contributed by atoms with Crippen LogP contribution in [-0.4, -0.2) is 5.91 Å². The number of hydrogen-bond donors (Lipinski definition) is 1. The van der Waals surface area contributed by atoms with E-state index in [0.29, 0.717) is 17.9 Å². The zero-order valence-electron chi connectivity index (χ0n) is 12.6. The van der Waals surface area contributed by atoms with Crippen molar-refractivity contribution < 1.29 is 9.21 Å². The van der Waals surface area contributed by atoms with Gasteiger partial charge in [0.15, 0.2) is 0 Å². The molecule has 0 spiro atoms. The van der Waals surface area contributed by atoms with Crippen LogP contribution in [0.25, 0.3) is 11.1 Å². The molecule has 1 aromatic carbocycles. The summed E-state index contributed by atoms with van der Waals surface area (Å²) in [6.45, 7) is 4.14. The molecule has 0 fully saturated rings. The summed E-state index contributed by atoms with van der Waals surface area (Å²) >= 11 is 1.67. The Kier molecular flexibility index (Phi) is 4.11. The van der Waals surface area contributed by atoms with Gasteiger partial charge in [0, 0.05) is 6.54 Å². The minimum Gasteiger partial charge on any atom is -0.466 e. The number of thiophene rings is 1. The van der Waals surface area contributed by atoms with Crippen LogP contribution in [0.1, 0.15) is 27.4 Å². The Morgan fingerprint density at radius 3 is 2.73 bits per heavy atom. The highest BCUT2D eigenvalue weighted by molar-refractivity contribution is 7.08. The molecule has 1 amide bonds. The molecule has 3 aromatic rings. The van der Waals surface area contributed by atoms with Crippen molar-refractivity contribution >= 4 is 17.2 Å². The highest BCUT2D eigenvalue weighted by atomic mass is 32.1. The summed E-state index contributed by atoms with van der Waals surface area (Å²) in [6, 6.07) is 12.0. The molecule has 3 rings (SSSR count). The number of benzene rings is 1. The SMILES string of the molecule is Cc1cc(C(=O)NCc2ccccc2-c2ccsc2)c(C)o1. The molecule has 0 aliphatic heterocycles. The third-order valence-electron chi connectivity index (χ3n) is 3.57. The van der Waals surface area contributed by atoms with Gasteiger partial charge in [0.1, 0.15) is 11.5 Å². The summed E-state index contributed by atoms with van der Waals surface area (Å²) in [5.41, 5.74) is 4.05. The predicted molar refractivity (Wildman–Crippen MR) is 89.1 cm³/mol. The van der Waals surface area contributed by atoms with E-state index in [1.54, 1.807) is 24.3 Å². The zero-order chi connectivity index (χ0) is 15.5. The lowest BCUT2D eigenvalue weighted by Crippen LogP contribution is -2.23. The van der Waals surface area contributed by atoms with Crippen molar-refractivity contribution in [3.05, 3.63) is 69.8 Å². The molecule has 0 atom stereocenters. The first-order chi connectivity index (χ1) is 10.6. The monoisotopic (exact) mass is 311 g/mol. The van der Waals surface area contributed by atoms with E-state index >= 15 is 0 Å². The van der Waals surface area contributed by atoms with E-state index < -0.39 is 0 Å². The smallest absolute Gasteiger partial charge is 0.255 e. The maximum atomic E-state index is 12.3. The number of nitrogens with one attached hydrogen (secondary N) is 1. The number of amides is 1. The first-order valence-corrected chi connectivity index (χ1v) is 8.05. The van der Waals surface area contributed by atoms with Crippen molar-refractivity contribution in [2.45, 2.75) is 20.4 Å². The summed E-state index contributed by atoms with van der Waals surface area (Å²) in [5, 5.41) is 7.15. The van der Waals surface area contributed by atoms with Crippen molar-refractivity contribution in [2.24, 2.45) is 0 Å². The Hall–Kier alpha value is -2.33. The Labute approximate surface area is 133 Å². The van der Waals surface area contributed by atoms with Crippen LogP contribution in [-0.2, 0) is 6.54 Å². The van der Waals surface area contributed by atoms with Gasteiger partial charge < -0.3 is 9.73 Å². The van der Waals surface area contributed by atoms with E-state index in [-0.39, 0.29) is 5.91 Å². The average Bonchev–Trinajstić information content (AvgIpc) is 3.15. The number of carbonyl (C=O) groups is 1. The quantitative estimate of drug-likeness (QED) is 0.767. The molecule has 0 bridgehead atoms. The van der Waals surface area contributed by atoms with E-state index in [2.05, 4.69) is 28.2 Å². The Morgan fingerprint density at radius 1 is 1.23 bits per heavy atom. The lowest BCUT2D eigenvalue weighted by molar-refractivity contribution is 0.0949. The van der Waals surface area contributed by atoms with Gasteiger partial charge in [-0.15, -0.1) is 0 Å². The molecule has 2 heterocycles. The van der Waals surface area contributed by atoms with Crippen LogP contribution in [0.4, 0.5) is 0 Å². The van der Waals surface area contributed by atoms with Gasteiger partial charge in [0.25, 0.3) is 5.91 Å². The summed E-state index contributed by atoms with van der Waals surface area (Å²) in [7, 11) is 0. The van der Waals surface area contributed by atoms with Gasteiger partial charge in [0.05, 0.1) is 5.56 Å². The third kappa shape index (κ3) is 2.97.